The van der Waals surface area contributed by atoms with Gasteiger partial charge in [0.05, 0.1) is 12.8 Å². The van der Waals surface area contributed by atoms with E-state index in [9.17, 15) is 9.59 Å². The van der Waals surface area contributed by atoms with Crippen LogP contribution in [0.4, 0.5) is 5.69 Å². The topological polar surface area (TPSA) is 86.4 Å². The van der Waals surface area contributed by atoms with Crippen LogP contribution in [0.5, 0.6) is 6.08 Å². The summed E-state index contributed by atoms with van der Waals surface area (Å²) in [7, 11) is 1.36. The van der Waals surface area contributed by atoms with E-state index in [1.807, 2.05) is 42.5 Å². The average molecular weight is 387 g/mol. The Balaban J connectivity index is 1.44. The molecule has 0 bridgehead atoms. The van der Waals surface area contributed by atoms with E-state index >= 15 is 0 Å². The number of aromatic nitrogens is 2. The van der Waals surface area contributed by atoms with E-state index in [1.54, 1.807) is 30.3 Å². The zero-order valence-electron chi connectivity index (χ0n) is 15.5. The van der Waals surface area contributed by atoms with Crippen molar-refractivity contribution in [1.29, 1.82) is 0 Å². The van der Waals surface area contributed by atoms with Gasteiger partial charge >= 0.3 is 11.8 Å². The normalized spacial score (nSPS) is 11.1. The number of rotatable bonds is 5. The van der Waals surface area contributed by atoms with Gasteiger partial charge in [-0.15, -0.1) is 0 Å². The molecule has 1 heterocycles. The highest BCUT2D eigenvalue weighted by atomic mass is 16.6. The number of hydrogen-bond acceptors (Lipinski definition) is 5. The number of ether oxygens (including phenoxy) is 1. The summed E-state index contributed by atoms with van der Waals surface area (Å²) < 4.78 is 10.7. The molecule has 0 aliphatic rings. The third-order valence-corrected chi connectivity index (χ3v) is 4.28. The summed E-state index contributed by atoms with van der Waals surface area (Å²) in [5.74, 6) is -0.914. The number of amides is 1. The molecule has 144 valence electrons. The molecule has 4 aromatic rings. The summed E-state index contributed by atoms with van der Waals surface area (Å²) in [5.41, 5.74) is 2.02. The first-order chi connectivity index (χ1) is 14.1. The molecule has 3 aromatic carbocycles. The largest absolute Gasteiger partial charge is 0.452 e. The maximum Gasteiger partial charge on any atom is 0.444 e. The van der Waals surface area contributed by atoms with Gasteiger partial charge in [-0.3, -0.25) is 4.79 Å². The SMILES string of the molecule is COc1nn(-c2ccc(NC(=O)C=Cc3ccc4ccccc4c3)cc2)c(=O)o1. The van der Waals surface area contributed by atoms with Crippen molar-refractivity contribution in [2.45, 2.75) is 0 Å². The third kappa shape index (κ3) is 4.08. The third-order valence-electron chi connectivity index (χ3n) is 4.28. The van der Waals surface area contributed by atoms with Crippen LogP contribution in [0.15, 0.2) is 82.0 Å². The van der Waals surface area contributed by atoms with Crippen molar-refractivity contribution in [2.75, 3.05) is 12.4 Å². The monoisotopic (exact) mass is 387 g/mol. The molecule has 0 atom stereocenters. The molecule has 0 unspecified atom stereocenters. The smallest absolute Gasteiger partial charge is 0.444 e. The summed E-state index contributed by atoms with van der Waals surface area (Å²) in [5, 5.41) is 8.93. The highest BCUT2D eigenvalue weighted by Crippen LogP contribution is 2.17. The lowest BCUT2D eigenvalue weighted by atomic mass is 10.1. The molecule has 0 fully saturated rings. The van der Waals surface area contributed by atoms with Gasteiger partial charge in [-0.2, -0.15) is 4.68 Å². The Labute approximate surface area is 165 Å². The van der Waals surface area contributed by atoms with E-state index in [0.29, 0.717) is 11.4 Å². The minimum atomic E-state index is -0.656. The van der Waals surface area contributed by atoms with Crippen LogP contribution in [-0.2, 0) is 4.79 Å². The lowest BCUT2D eigenvalue weighted by Gasteiger charge is -2.04. The quantitative estimate of drug-likeness (QED) is 0.529. The first-order valence-corrected chi connectivity index (χ1v) is 8.85. The molecule has 4 rings (SSSR count). The number of carbonyl (C=O) groups excluding carboxylic acids is 1. The van der Waals surface area contributed by atoms with E-state index < -0.39 is 5.76 Å². The van der Waals surface area contributed by atoms with Crippen LogP contribution < -0.4 is 15.8 Å². The highest BCUT2D eigenvalue weighted by molar-refractivity contribution is 6.02. The summed E-state index contributed by atoms with van der Waals surface area (Å²) >= 11 is 0. The molecule has 0 aliphatic heterocycles. The van der Waals surface area contributed by atoms with Gasteiger partial charge in [0, 0.05) is 11.8 Å². The summed E-state index contributed by atoms with van der Waals surface area (Å²) in [6.07, 6.45) is 3.12. The Morgan fingerprint density at radius 1 is 1.07 bits per heavy atom. The Morgan fingerprint density at radius 3 is 2.55 bits per heavy atom. The number of hydrogen-bond donors (Lipinski definition) is 1. The number of anilines is 1. The zero-order chi connectivity index (χ0) is 20.2. The molecule has 7 nitrogen and oxygen atoms in total. The van der Waals surface area contributed by atoms with Crippen molar-refractivity contribution in [3.05, 3.63) is 88.9 Å². The fourth-order valence-electron chi connectivity index (χ4n) is 2.86. The maximum absolute atomic E-state index is 12.2. The highest BCUT2D eigenvalue weighted by Gasteiger charge is 2.10. The average Bonchev–Trinajstić information content (AvgIpc) is 3.13. The number of nitrogens with one attached hydrogen (secondary N) is 1. The van der Waals surface area contributed by atoms with Crippen LogP contribution >= 0.6 is 0 Å². The van der Waals surface area contributed by atoms with Crippen molar-refractivity contribution in [2.24, 2.45) is 0 Å². The molecule has 29 heavy (non-hydrogen) atoms. The zero-order valence-corrected chi connectivity index (χ0v) is 15.5. The first kappa shape index (κ1) is 18.2. The molecule has 0 spiro atoms. The molecule has 1 amide bonds. The van der Waals surface area contributed by atoms with E-state index in [4.69, 9.17) is 9.15 Å². The summed E-state index contributed by atoms with van der Waals surface area (Å²) in [6.45, 7) is 0. The molecular weight excluding hydrogens is 370 g/mol. The number of fused-ring (bicyclic) bond motifs is 1. The molecular formula is C22H17N3O4. The lowest BCUT2D eigenvalue weighted by molar-refractivity contribution is -0.111. The van der Waals surface area contributed by atoms with Gasteiger partial charge in [0.15, 0.2) is 0 Å². The predicted molar refractivity (Wildman–Crippen MR) is 110 cm³/mol. The van der Waals surface area contributed by atoms with Gasteiger partial charge < -0.3 is 14.5 Å². The Hall–Kier alpha value is -4.13. The number of methoxy groups -OCH3 is 1. The molecule has 0 saturated carbocycles. The Morgan fingerprint density at radius 2 is 1.83 bits per heavy atom. The van der Waals surface area contributed by atoms with Crippen LogP contribution in [0, 0.1) is 0 Å². The molecule has 0 radical (unpaired) electrons. The fraction of sp³-hybridized carbons (Fsp3) is 0.0455. The predicted octanol–water partition coefficient (Wildman–Crippen LogP) is 3.64. The van der Waals surface area contributed by atoms with Crippen LogP contribution in [0.3, 0.4) is 0 Å². The first-order valence-electron chi connectivity index (χ1n) is 8.85. The van der Waals surface area contributed by atoms with Gasteiger partial charge in [0.1, 0.15) is 0 Å². The number of nitrogens with zero attached hydrogens (tertiary/aromatic N) is 2. The summed E-state index contributed by atoms with van der Waals surface area (Å²) in [4.78, 5) is 23.9. The van der Waals surface area contributed by atoms with E-state index in [0.717, 1.165) is 21.0 Å². The van der Waals surface area contributed by atoms with Crippen LogP contribution in [-0.4, -0.2) is 22.8 Å². The number of benzene rings is 3. The standard InChI is InChI=1S/C22H17N3O4/c1-28-21-24-25(22(27)29-21)19-11-9-18(10-12-19)23-20(26)13-7-15-6-8-16-4-2-3-5-17(16)14-15/h2-14H,1H3,(H,23,26). The van der Waals surface area contributed by atoms with E-state index in [1.165, 1.54) is 13.2 Å². The number of carbonyl (C=O) groups is 1. The van der Waals surface area contributed by atoms with Crippen LogP contribution in [0.1, 0.15) is 5.56 Å². The van der Waals surface area contributed by atoms with Gasteiger partial charge in [0.25, 0.3) is 0 Å². The Bertz CT molecular complexity index is 1250. The minimum Gasteiger partial charge on any atom is -0.452 e. The molecule has 0 saturated heterocycles. The van der Waals surface area contributed by atoms with Gasteiger partial charge in [-0.25, -0.2) is 4.79 Å². The maximum atomic E-state index is 12.2. The second-order valence-electron chi connectivity index (χ2n) is 6.23. The van der Waals surface area contributed by atoms with Crippen molar-refractivity contribution in [3.63, 3.8) is 0 Å². The Kier molecular flexibility index (Phi) is 4.94. The van der Waals surface area contributed by atoms with Gasteiger partial charge in [-0.1, -0.05) is 41.5 Å². The fourth-order valence-corrected chi connectivity index (χ4v) is 2.86. The van der Waals surface area contributed by atoms with Crippen molar-refractivity contribution in [3.8, 4) is 11.8 Å². The molecule has 0 aliphatic carbocycles. The lowest BCUT2D eigenvalue weighted by Crippen LogP contribution is -2.13. The van der Waals surface area contributed by atoms with E-state index in [2.05, 4.69) is 10.4 Å². The minimum absolute atomic E-state index is 0.119. The van der Waals surface area contributed by atoms with E-state index in [-0.39, 0.29) is 12.0 Å². The second-order valence-corrected chi connectivity index (χ2v) is 6.23. The summed E-state index contributed by atoms with van der Waals surface area (Å²) in [6, 6.07) is 20.7. The molecule has 1 aromatic heterocycles. The van der Waals surface area contributed by atoms with Gasteiger partial charge in [-0.05, 0) is 52.7 Å². The van der Waals surface area contributed by atoms with Crippen LogP contribution in [0.25, 0.3) is 22.5 Å². The van der Waals surface area contributed by atoms with Gasteiger partial charge in [0.2, 0.25) is 5.91 Å². The van der Waals surface area contributed by atoms with Crippen molar-refractivity contribution in [1.82, 2.24) is 9.78 Å². The molecule has 1 N–H and O–H groups in total. The second kappa shape index (κ2) is 7.85. The van der Waals surface area contributed by atoms with Crippen molar-refractivity contribution >= 4 is 28.4 Å². The molecule has 7 heteroatoms. The van der Waals surface area contributed by atoms with Crippen molar-refractivity contribution < 1.29 is 13.9 Å². The van der Waals surface area contributed by atoms with Crippen LogP contribution in [0.2, 0.25) is 0 Å².